The number of nitrogens with two attached hydrogens (primary N) is 1. The van der Waals surface area contributed by atoms with Crippen molar-refractivity contribution in [3.05, 3.63) is 0 Å². The lowest BCUT2D eigenvalue weighted by Crippen LogP contribution is -2.40. The Morgan fingerprint density at radius 3 is 2.38 bits per heavy atom. The fourth-order valence-electron chi connectivity index (χ4n) is 3.26. The molecule has 0 amide bonds. The molecule has 0 spiro atoms. The van der Waals surface area contributed by atoms with Crippen molar-refractivity contribution in [1.82, 2.24) is 5.32 Å². The minimum Gasteiger partial charge on any atom is -0.396 e. The smallest absolute Gasteiger partial charge is 0.0462 e. The maximum Gasteiger partial charge on any atom is 0.0462 e. The maximum absolute atomic E-state index is 9.26. The van der Waals surface area contributed by atoms with Crippen LogP contribution < -0.4 is 11.1 Å². The van der Waals surface area contributed by atoms with Gasteiger partial charge in [0.05, 0.1) is 0 Å². The normalized spacial score (nSPS) is 40.1. The number of rotatable bonds is 4. The Morgan fingerprint density at radius 2 is 1.69 bits per heavy atom. The molecule has 2 atom stereocenters. The predicted octanol–water partition coefficient (Wildman–Crippen LogP) is 1.25. The Labute approximate surface area is 98.8 Å². The van der Waals surface area contributed by atoms with E-state index in [1.807, 2.05) is 0 Å². The van der Waals surface area contributed by atoms with Crippen molar-refractivity contribution in [3.8, 4) is 0 Å². The number of hydrogen-bond acceptors (Lipinski definition) is 3. The number of aliphatic hydroxyl groups excluding tert-OH is 1. The standard InChI is InChI=1S/C13H26N2O/c14-12-4-6-13(7-5-12)15-8-10-2-1-3-11(10)9-16/h10-13,15-16H,1-9,14H2. The molecule has 3 heteroatoms. The Balaban J connectivity index is 1.67. The lowest BCUT2D eigenvalue weighted by Gasteiger charge is -2.29. The van der Waals surface area contributed by atoms with E-state index in [-0.39, 0.29) is 0 Å². The van der Waals surface area contributed by atoms with Crippen LogP contribution in [0.4, 0.5) is 0 Å². The summed E-state index contributed by atoms with van der Waals surface area (Å²) in [7, 11) is 0. The molecule has 2 rings (SSSR count). The third-order valence-electron chi connectivity index (χ3n) is 4.49. The molecule has 0 aromatic rings. The predicted molar refractivity (Wildman–Crippen MR) is 66.2 cm³/mol. The summed E-state index contributed by atoms with van der Waals surface area (Å²) in [5.74, 6) is 1.26. The lowest BCUT2D eigenvalue weighted by molar-refractivity contribution is 0.187. The van der Waals surface area contributed by atoms with Gasteiger partial charge in [-0.2, -0.15) is 0 Å². The van der Waals surface area contributed by atoms with Crippen molar-refractivity contribution in [2.75, 3.05) is 13.2 Å². The Bertz CT molecular complexity index is 202. The largest absolute Gasteiger partial charge is 0.396 e. The molecule has 2 saturated carbocycles. The second kappa shape index (κ2) is 5.99. The van der Waals surface area contributed by atoms with Crippen molar-refractivity contribution >= 4 is 0 Å². The van der Waals surface area contributed by atoms with Crippen LogP contribution >= 0.6 is 0 Å². The van der Waals surface area contributed by atoms with Crippen LogP contribution in [0, 0.1) is 11.8 Å². The molecule has 94 valence electrons. The summed E-state index contributed by atoms with van der Waals surface area (Å²) in [6.45, 7) is 1.48. The van der Waals surface area contributed by atoms with Gasteiger partial charge in [0, 0.05) is 18.7 Å². The number of nitrogens with one attached hydrogen (secondary N) is 1. The third kappa shape index (κ3) is 3.19. The van der Waals surface area contributed by atoms with Gasteiger partial charge < -0.3 is 16.2 Å². The zero-order valence-corrected chi connectivity index (χ0v) is 10.2. The molecule has 0 aliphatic heterocycles. The van der Waals surface area contributed by atoms with E-state index in [0.717, 1.165) is 6.54 Å². The van der Waals surface area contributed by atoms with Crippen molar-refractivity contribution < 1.29 is 5.11 Å². The highest BCUT2D eigenvalue weighted by molar-refractivity contribution is 4.83. The highest BCUT2D eigenvalue weighted by Gasteiger charge is 2.27. The van der Waals surface area contributed by atoms with E-state index >= 15 is 0 Å². The van der Waals surface area contributed by atoms with E-state index in [9.17, 15) is 5.11 Å². The summed E-state index contributed by atoms with van der Waals surface area (Å²) >= 11 is 0. The van der Waals surface area contributed by atoms with Gasteiger partial charge in [0.25, 0.3) is 0 Å². The van der Waals surface area contributed by atoms with Crippen molar-refractivity contribution in [3.63, 3.8) is 0 Å². The second-order valence-electron chi connectivity index (χ2n) is 5.65. The summed E-state index contributed by atoms with van der Waals surface area (Å²) in [5.41, 5.74) is 5.90. The molecule has 0 aromatic heterocycles. The number of aliphatic hydroxyl groups is 1. The quantitative estimate of drug-likeness (QED) is 0.676. The first-order valence-corrected chi connectivity index (χ1v) is 6.89. The van der Waals surface area contributed by atoms with Crippen molar-refractivity contribution in [1.29, 1.82) is 0 Å². The molecular weight excluding hydrogens is 200 g/mol. The van der Waals surface area contributed by atoms with Gasteiger partial charge in [-0.05, 0) is 56.9 Å². The van der Waals surface area contributed by atoms with E-state index in [1.54, 1.807) is 0 Å². The Morgan fingerprint density at radius 1 is 1.00 bits per heavy atom. The molecule has 0 heterocycles. The van der Waals surface area contributed by atoms with Crippen LogP contribution in [0.2, 0.25) is 0 Å². The molecule has 0 saturated heterocycles. The molecular formula is C13H26N2O. The van der Waals surface area contributed by atoms with Gasteiger partial charge in [0.15, 0.2) is 0 Å². The van der Waals surface area contributed by atoms with Crippen LogP contribution in [-0.2, 0) is 0 Å². The summed E-state index contributed by atoms with van der Waals surface area (Å²) in [4.78, 5) is 0. The molecule has 0 radical (unpaired) electrons. The molecule has 2 aliphatic rings. The fourth-order valence-corrected chi connectivity index (χ4v) is 3.26. The van der Waals surface area contributed by atoms with Crippen LogP contribution in [-0.4, -0.2) is 30.3 Å². The fraction of sp³-hybridized carbons (Fsp3) is 1.00. The van der Waals surface area contributed by atoms with Gasteiger partial charge in [0.2, 0.25) is 0 Å². The van der Waals surface area contributed by atoms with E-state index in [2.05, 4.69) is 5.32 Å². The lowest BCUT2D eigenvalue weighted by atomic mass is 9.90. The van der Waals surface area contributed by atoms with Crippen LogP contribution in [0.3, 0.4) is 0 Å². The van der Waals surface area contributed by atoms with Gasteiger partial charge in [-0.25, -0.2) is 0 Å². The van der Waals surface area contributed by atoms with Gasteiger partial charge >= 0.3 is 0 Å². The minimum absolute atomic E-state index is 0.377. The van der Waals surface area contributed by atoms with Gasteiger partial charge in [-0.3, -0.25) is 0 Å². The summed E-state index contributed by atoms with van der Waals surface area (Å²) < 4.78 is 0. The van der Waals surface area contributed by atoms with E-state index in [1.165, 1.54) is 44.9 Å². The van der Waals surface area contributed by atoms with Crippen LogP contribution in [0.15, 0.2) is 0 Å². The molecule has 0 bridgehead atoms. The van der Waals surface area contributed by atoms with Crippen molar-refractivity contribution in [2.45, 2.75) is 57.0 Å². The average Bonchev–Trinajstić information content (AvgIpc) is 2.76. The molecule has 2 aliphatic carbocycles. The van der Waals surface area contributed by atoms with E-state index < -0.39 is 0 Å². The van der Waals surface area contributed by atoms with E-state index in [4.69, 9.17) is 5.73 Å². The summed E-state index contributed by atoms with van der Waals surface area (Å²) in [5, 5.41) is 12.9. The zero-order chi connectivity index (χ0) is 11.4. The monoisotopic (exact) mass is 226 g/mol. The third-order valence-corrected chi connectivity index (χ3v) is 4.49. The Hall–Kier alpha value is -0.120. The highest BCUT2D eigenvalue weighted by Crippen LogP contribution is 2.31. The molecule has 3 nitrogen and oxygen atoms in total. The van der Waals surface area contributed by atoms with Gasteiger partial charge in [-0.1, -0.05) is 6.42 Å². The first-order chi connectivity index (χ1) is 7.79. The zero-order valence-electron chi connectivity index (χ0n) is 10.2. The molecule has 0 aromatic carbocycles. The Kier molecular flexibility index (Phi) is 4.62. The first kappa shape index (κ1) is 12.3. The van der Waals surface area contributed by atoms with E-state index in [0.29, 0.717) is 30.5 Å². The van der Waals surface area contributed by atoms with Gasteiger partial charge in [0.1, 0.15) is 0 Å². The summed E-state index contributed by atoms with van der Waals surface area (Å²) in [6, 6.07) is 1.12. The topological polar surface area (TPSA) is 58.3 Å². The van der Waals surface area contributed by atoms with Crippen LogP contribution in [0.1, 0.15) is 44.9 Å². The second-order valence-corrected chi connectivity index (χ2v) is 5.65. The molecule has 16 heavy (non-hydrogen) atoms. The molecule has 2 unspecified atom stereocenters. The maximum atomic E-state index is 9.26. The van der Waals surface area contributed by atoms with Gasteiger partial charge in [-0.15, -0.1) is 0 Å². The minimum atomic E-state index is 0.377. The van der Waals surface area contributed by atoms with Crippen LogP contribution in [0.25, 0.3) is 0 Å². The van der Waals surface area contributed by atoms with Crippen LogP contribution in [0.5, 0.6) is 0 Å². The summed E-state index contributed by atoms with van der Waals surface area (Å²) in [6.07, 6.45) is 8.63. The SMILES string of the molecule is NC1CCC(NCC2CCCC2CO)CC1. The molecule has 2 fully saturated rings. The number of hydrogen-bond donors (Lipinski definition) is 3. The highest BCUT2D eigenvalue weighted by atomic mass is 16.3. The molecule has 4 N–H and O–H groups in total. The first-order valence-electron chi connectivity index (χ1n) is 6.89. The van der Waals surface area contributed by atoms with Crippen molar-refractivity contribution in [2.24, 2.45) is 17.6 Å². The average molecular weight is 226 g/mol.